The molecule has 0 radical (unpaired) electrons. The summed E-state index contributed by atoms with van der Waals surface area (Å²) >= 11 is 0. The van der Waals surface area contributed by atoms with E-state index in [1.54, 1.807) is 11.9 Å². The normalized spacial score (nSPS) is 20.5. The van der Waals surface area contributed by atoms with E-state index in [1.807, 2.05) is 26.8 Å². The highest BCUT2D eigenvalue weighted by molar-refractivity contribution is 6.02. The lowest BCUT2D eigenvalue weighted by atomic mass is 9.92. The molecule has 2 rings (SSSR count). The molecule has 2 amide bonds. The van der Waals surface area contributed by atoms with Gasteiger partial charge in [-0.15, -0.1) is 0 Å². The smallest absolute Gasteiger partial charge is 0.266 e. The summed E-state index contributed by atoms with van der Waals surface area (Å²) in [7, 11) is 1.74. The van der Waals surface area contributed by atoms with Gasteiger partial charge in [0.05, 0.1) is 17.8 Å². The minimum atomic E-state index is -0.426. The van der Waals surface area contributed by atoms with Crippen LogP contribution in [0.1, 0.15) is 46.5 Å². The predicted molar refractivity (Wildman–Crippen MR) is 82.5 cm³/mol. The van der Waals surface area contributed by atoms with Gasteiger partial charge in [0.25, 0.3) is 5.91 Å². The van der Waals surface area contributed by atoms with Crippen LogP contribution in [-0.2, 0) is 9.59 Å². The first kappa shape index (κ1) is 16.3. The van der Waals surface area contributed by atoms with Crippen molar-refractivity contribution in [1.82, 2.24) is 15.5 Å². The summed E-state index contributed by atoms with van der Waals surface area (Å²) in [5.74, 6) is -0.393. The second-order valence-electron chi connectivity index (χ2n) is 7.12. The van der Waals surface area contributed by atoms with Crippen molar-refractivity contribution < 1.29 is 9.59 Å². The number of hydrogen-bond acceptors (Lipinski definition) is 4. The van der Waals surface area contributed by atoms with Gasteiger partial charge in [-0.2, -0.15) is 5.26 Å². The Hall–Kier alpha value is -2.03. The van der Waals surface area contributed by atoms with Crippen LogP contribution in [0.15, 0.2) is 11.3 Å². The number of amides is 2. The monoisotopic (exact) mass is 304 g/mol. The van der Waals surface area contributed by atoms with Crippen molar-refractivity contribution in [2.45, 2.75) is 57.5 Å². The van der Waals surface area contributed by atoms with Gasteiger partial charge in [0.15, 0.2) is 0 Å². The lowest BCUT2D eigenvalue weighted by Crippen LogP contribution is -2.49. The van der Waals surface area contributed by atoms with Gasteiger partial charge in [0.1, 0.15) is 11.6 Å². The summed E-state index contributed by atoms with van der Waals surface area (Å²) in [6.45, 7) is 5.81. The number of rotatable bonds is 3. The van der Waals surface area contributed by atoms with E-state index in [1.165, 1.54) is 0 Å². The van der Waals surface area contributed by atoms with E-state index in [4.69, 9.17) is 0 Å². The van der Waals surface area contributed by atoms with E-state index in [0.717, 1.165) is 25.7 Å². The molecule has 120 valence electrons. The van der Waals surface area contributed by atoms with Gasteiger partial charge in [-0.25, -0.2) is 0 Å². The molecular formula is C16H24N4O2. The van der Waals surface area contributed by atoms with Crippen LogP contribution < -0.4 is 10.6 Å². The van der Waals surface area contributed by atoms with Crippen LogP contribution in [0.5, 0.6) is 0 Å². The molecule has 1 fully saturated rings. The Kier molecular flexibility index (Phi) is 4.19. The molecule has 6 heteroatoms. The van der Waals surface area contributed by atoms with Crippen molar-refractivity contribution in [2.75, 3.05) is 13.6 Å². The van der Waals surface area contributed by atoms with Gasteiger partial charge in [-0.3, -0.25) is 9.59 Å². The Balaban J connectivity index is 2.19. The molecule has 1 aliphatic heterocycles. The highest BCUT2D eigenvalue weighted by Crippen LogP contribution is 2.44. The Morgan fingerprint density at radius 2 is 1.95 bits per heavy atom. The molecule has 22 heavy (non-hydrogen) atoms. The summed E-state index contributed by atoms with van der Waals surface area (Å²) in [5, 5.41) is 15.3. The Labute approximate surface area is 131 Å². The first-order valence-corrected chi connectivity index (χ1v) is 7.69. The molecule has 0 atom stereocenters. The number of nitriles is 1. The minimum Gasteiger partial charge on any atom is -0.376 e. The van der Waals surface area contributed by atoms with Crippen LogP contribution in [-0.4, -0.2) is 41.4 Å². The van der Waals surface area contributed by atoms with Crippen molar-refractivity contribution in [3.63, 3.8) is 0 Å². The Morgan fingerprint density at radius 1 is 1.36 bits per heavy atom. The molecule has 0 aromatic carbocycles. The number of carbonyl (C=O) groups excluding carboxylic acids is 2. The van der Waals surface area contributed by atoms with Gasteiger partial charge in [-0.1, -0.05) is 12.8 Å². The number of hydrogen-bond donors (Lipinski definition) is 2. The number of nitrogens with zero attached hydrogens (tertiary/aromatic N) is 2. The molecule has 0 bridgehead atoms. The fourth-order valence-electron chi connectivity index (χ4n) is 3.40. The van der Waals surface area contributed by atoms with E-state index < -0.39 is 5.54 Å². The van der Waals surface area contributed by atoms with E-state index in [0.29, 0.717) is 5.70 Å². The summed E-state index contributed by atoms with van der Waals surface area (Å²) < 4.78 is 0. The first-order chi connectivity index (χ1) is 10.2. The fraction of sp³-hybridized carbons (Fsp3) is 0.688. The molecule has 0 saturated heterocycles. The topological polar surface area (TPSA) is 85.2 Å². The number of carbonyl (C=O) groups is 2. The average molecular weight is 304 g/mol. The lowest BCUT2D eigenvalue weighted by molar-refractivity contribution is -0.127. The fourth-order valence-corrected chi connectivity index (χ4v) is 3.40. The molecule has 1 spiro atoms. The standard InChI is InChI=1S/C16H24N4O2/c1-15(2,3)19-12(21)10-18-13-11(9-17)14(22)20(4)16(13)7-5-6-8-16/h18H,5-8,10H2,1-4H3,(H,19,21). The summed E-state index contributed by atoms with van der Waals surface area (Å²) in [6.07, 6.45) is 3.72. The zero-order valence-electron chi connectivity index (χ0n) is 13.7. The molecule has 1 aliphatic carbocycles. The highest BCUT2D eigenvalue weighted by atomic mass is 16.2. The minimum absolute atomic E-state index is 0.0701. The Morgan fingerprint density at radius 3 is 2.45 bits per heavy atom. The largest absolute Gasteiger partial charge is 0.376 e. The second-order valence-corrected chi connectivity index (χ2v) is 7.12. The van der Waals surface area contributed by atoms with Crippen LogP contribution in [0.25, 0.3) is 0 Å². The molecule has 1 saturated carbocycles. The van der Waals surface area contributed by atoms with E-state index >= 15 is 0 Å². The van der Waals surface area contributed by atoms with Crippen LogP contribution in [0.3, 0.4) is 0 Å². The van der Waals surface area contributed by atoms with Gasteiger partial charge in [-0.05, 0) is 33.6 Å². The first-order valence-electron chi connectivity index (χ1n) is 7.69. The van der Waals surface area contributed by atoms with E-state index in [2.05, 4.69) is 10.6 Å². The summed E-state index contributed by atoms with van der Waals surface area (Å²) in [5.41, 5.74) is 0.0416. The summed E-state index contributed by atoms with van der Waals surface area (Å²) in [4.78, 5) is 26.0. The zero-order chi connectivity index (χ0) is 16.5. The maximum atomic E-state index is 12.3. The van der Waals surface area contributed by atoms with Crippen molar-refractivity contribution in [3.05, 3.63) is 11.3 Å². The Bertz CT molecular complexity index is 560. The lowest BCUT2D eigenvalue weighted by Gasteiger charge is -2.35. The van der Waals surface area contributed by atoms with Gasteiger partial charge in [0.2, 0.25) is 5.91 Å². The van der Waals surface area contributed by atoms with Gasteiger partial charge < -0.3 is 15.5 Å². The van der Waals surface area contributed by atoms with Crippen LogP contribution in [0, 0.1) is 11.3 Å². The van der Waals surface area contributed by atoms with Crippen LogP contribution >= 0.6 is 0 Å². The maximum absolute atomic E-state index is 12.3. The molecule has 1 heterocycles. The predicted octanol–water partition coefficient (Wildman–Crippen LogP) is 1.05. The van der Waals surface area contributed by atoms with Crippen LogP contribution in [0.4, 0.5) is 0 Å². The van der Waals surface area contributed by atoms with Crippen molar-refractivity contribution in [2.24, 2.45) is 0 Å². The van der Waals surface area contributed by atoms with E-state index in [9.17, 15) is 14.9 Å². The summed E-state index contributed by atoms with van der Waals surface area (Å²) in [6, 6.07) is 2.01. The molecule has 0 aromatic rings. The molecular weight excluding hydrogens is 280 g/mol. The van der Waals surface area contributed by atoms with Crippen LogP contribution in [0.2, 0.25) is 0 Å². The highest BCUT2D eigenvalue weighted by Gasteiger charge is 2.51. The third-order valence-electron chi connectivity index (χ3n) is 4.36. The number of likely N-dealkylation sites (N-methyl/N-ethyl adjacent to an activating group) is 1. The average Bonchev–Trinajstić information content (AvgIpc) is 2.96. The molecule has 2 N–H and O–H groups in total. The second kappa shape index (κ2) is 5.64. The van der Waals surface area contributed by atoms with Crippen molar-refractivity contribution in [3.8, 4) is 6.07 Å². The van der Waals surface area contributed by atoms with Crippen molar-refractivity contribution in [1.29, 1.82) is 5.26 Å². The molecule has 0 aromatic heterocycles. The maximum Gasteiger partial charge on any atom is 0.266 e. The molecule has 6 nitrogen and oxygen atoms in total. The third kappa shape index (κ3) is 2.80. The van der Waals surface area contributed by atoms with Gasteiger partial charge >= 0.3 is 0 Å². The van der Waals surface area contributed by atoms with Gasteiger partial charge in [0, 0.05) is 12.6 Å². The third-order valence-corrected chi connectivity index (χ3v) is 4.36. The molecule has 0 unspecified atom stereocenters. The zero-order valence-corrected chi connectivity index (χ0v) is 13.7. The quantitative estimate of drug-likeness (QED) is 0.816. The SMILES string of the molecule is CN1C(=O)C(C#N)=C(NCC(=O)NC(C)(C)C)C12CCCC2. The van der Waals surface area contributed by atoms with Crippen molar-refractivity contribution >= 4 is 11.8 Å². The van der Waals surface area contributed by atoms with E-state index in [-0.39, 0.29) is 29.5 Å². The number of nitrogens with one attached hydrogen (secondary N) is 2. The molecule has 2 aliphatic rings.